The van der Waals surface area contributed by atoms with Crippen LogP contribution in [0.1, 0.15) is 40.6 Å². The number of rotatable bonds is 7. The van der Waals surface area contributed by atoms with Crippen molar-refractivity contribution in [1.82, 2.24) is 0 Å². The molecule has 1 aliphatic carbocycles. The van der Waals surface area contributed by atoms with Gasteiger partial charge in [-0.05, 0) is 90.9 Å². The van der Waals surface area contributed by atoms with E-state index in [2.05, 4.69) is 22.2 Å². The van der Waals surface area contributed by atoms with Crippen LogP contribution in [0.5, 0.6) is 17.2 Å². The topological polar surface area (TPSA) is 85.9 Å². The second kappa shape index (κ2) is 9.67. The van der Waals surface area contributed by atoms with Gasteiger partial charge in [-0.25, -0.2) is 8.42 Å². The molecule has 37 heavy (non-hydrogen) atoms. The van der Waals surface area contributed by atoms with Crippen LogP contribution >= 0.6 is 0 Å². The van der Waals surface area contributed by atoms with E-state index in [1.807, 2.05) is 50.2 Å². The maximum Gasteiger partial charge on any atom is 0.261 e. The highest BCUT2D eigenvalue weighted by atomic mass is 32.2. The second-order valence-electron chi connectivity index (χ2n) is 9.67. The first kappa shape index (κ1) is 25.0. The number of hydrogen-bond donors (Lipinski definition) is 2. The smallest absolute Gasteiger partial charge is 0.261 e. The highest BCUT2D eigenvalue weighted by Gasteiger charge is 2.39. The van der Waals surface area contributed by atoms with E-state index in [0.29, 0.717) is 22.9 Å². The number of anilines is 2. The zero-order chi connectivity index (χ0) is 26.3. The van der Waals surface area contributed by atoms with Crippen LogP contribution in [-0.2, 0) is 10.0 Å². The summed E-state index contributed by atoms with van der Waals surface area (Å²) >= 11 is 0. The molecular weight excluding hydrogens is 488 g/mol. The zero-order valence-corrected chi connectivity index (χ0v) is 22.5. The lowest BCUT2D eigenvalue weighted by molar-refractivity contribution is 0.322. The van der Waals surface area contributed by atoms with Crippen molar-refractivity contribution in [3.05, 3.63) is 82.9 Å². The first-order chi connectivity index (χ1) is 17.7. The lowest BCUT2D eigenvalue weighted by atomic mass is 9.77. The maximum absolute atomic E-state index is 13.3. The van der Waals surface area contributed by atoms with Crippen molar-refractivity contribution >= 4 is 21.4 Å². The maximum atomic E-state index is 13.3. The van der Waals surface area contributed by atoms with E-state index in [1.54, 1.807) is 33.5 Å². The normalized spacial score (nSPS) is 20.0. The molecular formula is C29H32N2O5S. The highest BCUT2D eigenvalue weighted by Crippen LogP contribution is 2.52. The quantitative estimate of drug-likeness (QED) is 0.374. The Morgan fingerprint density at radius 1 is 0.892 bits per heavy atom. The molecule has 2 aliphatic rings. The Hall–Kier alpha value is -3.65. The van der Waals surface area contributed by atoms with Crippen LogP contribution in [-0.4, -0.2) is 29.7 Å². The van der Waals surface area contributed by atoms with Crippen molar-refractivity contribution in [2.24, 2.45) is 5.92 Å². The summed E-state index contributed by atoms with van der Waals surface area (Å²) in [7, 11) is 1.06. The van der Waals surface area contributed by atoms with Crippen LogP contribution < -0.4 is 24.2 Å². The van der Waals surface area contributed by atoms with Gasteiger partial charge in [-0.15, -0.1) is 0 Å². The van der Waals surface area contributed by atoms with Crippen LogP contribution in [0.4, 0.5) is 11.4 Å². The molecule has 7 nitrogen and oxygen atoms in total. The lowest BCUT2D eigenvalue weighted by Crippen LogP contribution is -2.29. The number of ether oxygens (including phenoxy) is 3. The summed E-state index contributed by atoms with van der Waals surface area (Å²) in [4.78, 5) is 0.248. The van der Waals surface area contributed by atoms with Gasteiger partial charge >= 0.3 is 0 Å². The fraction of sp³-hybridized carbons (Fsp3) is 0.310. The third-order valence-corrected chi connectivity index (χ3v) is 8.54. The molecule has 3 aromatic carbocycles. The number of aryl methyl sites for hydroxylation is 2. The molecule has 3 atom stereocenters. The van der Waals surface area contributed by atoms with Crippen LogP contribution in [0.2, 0.25) is 0 Å². The van der Waals surface area contributed by atoms with E-state index in [-0.39, 0.29) is 22.8 Å². The number of fused-ring (bicyclic) bond motifs is 3. The fourth-order valence-corrected chi connectivity index (χ4v) is 6.67. The monoisotopic (exact) mass is 520 g/mol. The molecule has 5 rings (SSSR count). The summed E-state index contributed by atoms with van der Waals surface area (Å²) in [5.74, 6) is 2.05. The summed E-state index contributed by atoms with van der Waals surface area (Å²) in [6.45, 7) is 3.90. The summed E-state index contributed by atoms with van der Waals surface area (Å²) < 4.78 is 46.0. The molecule has 194 valence electrons. The van der Waals surface area contributed by atoms with E-state index < -0.39 is 10.0 Å². The number of nitrogens with one attached hydrogen (secondary N) is 2. The average molecular weight is 521 g/mol. The minimum Gasteiger partial charge on any atom is -0.493 e. The predicted octanol–water partition coefficient (Wildman–Crippen LogP) is 5.96. The van der Waals surface area contributed by atoms with Crippen molar-refractivity contribution in [2.75, 3.05) is 31.4 Å². The van der Waals surface area contributed by atoms with Crippen LogP contribution in [0.15, 0.2) is 65.6 Å². The molecule has 0 amide bonds. The van der Waals surface area contributed by atoms with Crippen molar-refractivity contribution in [2.45, 2.75) is 37.1 Å². The van der Waals surface area contributed by atoms with E-state index >= 15 is 0 Å². The summed E-state index contributed by atoms with van der Waals surface area (Å²) in [5.41, 5.74) is 5.48. The molecule has 1 heterocycles. The number of hydrogen-bond acceptors (Lipinski definition) is 6. The van der Waals surface area contributed by atoms with E-state index in [4.69, 9.17) is 14.2 Å². The highest BCUT2D eigenvalue weighted by molar-refractivity contribution is 7.92. The van der Waals surface area contributed by atoms with E-state index in [9.17, 15) is 8.42 Å². The Labute approximate surface area is 218 Å². The molecule has 0 unspecified atom stereocenters. The Balaban J connectivity index is 1.50. The molecule has 0 radical (unpaired) electrons. The molecule has 0 fully saturated rings. The van der Waals surface area contributed by atoms with Gasteiger partial charge in [0.05, 0.1) is 32.3 Å². The third kappa shape index (κ3) is 4.62. The molecule has 0 saturated heterocycles. The summed E-state index contributed by atoms with van der Waals surface area (Å²) in [5, 5.41) is 3.66. The van der Waals surface area contributed by atoms with Crippen molar-refractivity contribution < 1.29 is 22.6 Å². The van der Waals surface area contributed by atoms with Crippen LogP contribution in [0.3, 0.4) is 0 Å². The van der Waals surface area contributed by atoms with E-state index in [0.717, 1.165) is 34.4 Å². The van der Waals surface area contributed by atoms with Crippen molar-refractivity contribution in [3.8, 4) is 17.2 Å². The first-order valence-corrected chi connectivity index (χ1v) is 13.7. The van der Waals surface area contributed by atoms with Crippen molar-refractivity contribution in [1.29, 1.82) is 0 Å². The number of benzene rings is 3. The first-order valence-electron chi connectivity index (χ1n) is 12.2. The van der Waals surface area contributed by atoms with Crippen LogP contribution in [0.25, 0.3) is 0 Å². The Morgan fingerprint density at radius 3 is 2.19 bits per heavy atom. The average Bonchev–Trinajstić information content (AvgIpc) is 3.36. The van der Waals surface area contributed by atoms with Crippen LogP contribution in [0, 0.1) is 19.8 Å². The molecule has 0 spiro atoms. The molecule has 0 bridgehead atoms. The van der Waals surface area contributed by atoms with Gasteiger partial charge in [0.1, 0.15) is 0 Å². The third-order valence-electron chi connectivity index (χ3n) is 7.16. The minimum absolute atomic E-state index is 0.0166. The molecule has 2 N–H and O–H groups in total. The predicted molar refractivity (Wildman–Crippen MR) is 146 cm³/mol. The van der Waals surface area contributed by atoms with Gasteiger partial charge in [-0.1, -0.05) is 18.2 Å². The molecule has 8 heteroatoms. The molecule has 1 aliphatic heterocycles. The Kier molecular flexibility index (Phi) is 6.54. The summed E-state index contributed by atoms with van der Waals surface area (Å²) in [6.07, 6.45) is 5.23. The number of methoxy groups -OCH3 is 3. The molecule has 3 aromatic rings. The second-order valence-corrected chi connectivity index (χ2v) is 11.3. The van der Waals surface area contributed by atoms with Gasteiger partial charge < -0.3 is 19.5 Å². The fourth-order valence-electron chi connectivity index (χ4n) is 5.60. The Bertz CT molecular complexity index is 1440. The van der Waals surface area contributed by atoms with E-state index in [1.165, 1.54) is 0 Å². The molecule has 0 aromatic heterocycles. The molecule has 0 saturated carbocycles. The van der Waals surface area contributed by atoms with Gasteiger partial charge in [-0.2, -0.15) is 0 Å². The van der Waals surface area contributed by atoms with Gasteiger partial charge in [0, 0.05) is 17.3 Å². The lowest BCUT2D eigenvalue weighted by Gasteiger charge is -2.38. The largest absolute Gasteiger partial charge is 0.493 e. The van der Waals surface area contributed by atoms with Gasteiger partial charge in [0.15, 0.2) is 11.5 Å². The standard InChI is InChI=1S/C29H32N2O5S/c1-17-11-18(2)13-20(12-17)31-37(32,33)21-9-10-25-24(16-21)22-7-6-8-23(22)28(30-25)19-14-26(34-3)29(36-5)27(15-19)35-4/h6-7,9-16,22-23,28,30-31H,8H2,1-5H3/t22-,23+,28+/m0/s1. The zero-order valence-electron chi connectivity index (χ0n) is 21.7. The SMILES string of the molecule is COc1cc([C@H]2Nc3ccc(S(=O)(=O)Nc4cc(C)cc(C)c4)cc3[C@H]3C=CC[C@H]32)cc(OC)c1OC. The van der Waals surface area contributed by atoms with Gasteiger partial charge in [0.25, 0.3) is 10.0 Å². The van der Waals surface area contributed by atoms with Gasteiger partial charge in [-0.3, -0.25) is 4.72 Å². The van der Waals surface area contributed by atoms with Crippen molar-refractivity contribution in [3.63, 3.8) is 0 Å². The number of sulfonamides is 1. The summed E-state index contributed by atoms with van der Waals surface area (Å²) in [6, 6.07) is 14.9. The Morgan fingerprint density at radius 2 is 1.57 bits per heavy atom. The minimum atomic E-state index is -3.75. The number of allylic oxidation sites excluding steroid dienone is 2. The van der Waals surface area contributed by atoms with Gasteiger partial charge in [0.2, 0.25) is 5.75 Å².